The Morgan fingerprint density at radius 3 is 2.82 bits per heavy atom. The van der Waals surface area contributed by atoms with Crippen molar-refractivity contribution >= 4 is 17.0 Å². The van der Waals surface area contributed by atoms with Gasteiger partial charge in [-0.05, 0) is 6.20 Å². The third-order valence-corrected chi connectivity index (χ3v) is 1.35. The van der Waals surface area contributed by atoms with E-state index in [4.69, 9.17) is 0 Å². The fraction of sp³-hybridized carbons (Fsp3) is 0.429. The number of rotatable bonds is 3. The second kappa shape index (κ2) is 5.21. The van der Waals surface area contributed by atoms with Crippen LogP contribution < -0.4 is 5.43 Å². The van der Waals surface area contributed by atoms with Gasteiger partial charge >= 0.3 is 0 Å². The molecule has 0 saturated carbocycles. The third kappa shape index (κ3) is 2.95. The molecular formula is C7H14BrN3. The molecule has 0 aromatic carbocycles. The minimum absolute atomic E-state index is 0. The third-order valence-electron chi connectivity index (χ3n) is 1.35. The van der Waals surface area contributed by atoms with Crippen LogP contribution in [0.15, 0.2) is 25.2 Å². The highest BCUT2D eigenvalue weighted by molar-refractivity contribution is 8.93. The summed E-state index contributed by atoms with van der Waals surface area (Å²) in [5.74, 6) is 0. The number of hydrazine groups is 1. The number of halogens is 1. The SMILES string of the molecule is Br.C=CN1C=CN(NCC)C1. The second-order valence-electron chi connectivity index (χ2n) is 2.12. The first-order chi connectivity index (χ1) is 4.86. The minimum atomic E-state index is 0. The van der Waals surface area contributed by atoms with Gasteiger partial charge in [-0.25, -0.2) is 5.43 Å². The first-order valence-corrected chi connectivity index (χ1v) is 3.43. The summed E-state index contributed by atoms with van der Waals surface area (Å²) < 4.78 is 0. The molecular weight excluding hydrogens is 206 g/mol. The molecule has 0 aromatic rings. The molecule has 0 fully saturated rings. The summed E-state index contributed by atoms with van der Waals surface area (Å²) in [6.07, 6.45) is 5.77. The van der Waals surface area contributed by atoms with Crippen molar-refractivity contribution in [2.75, 3.05) is 13.2 Å². The van der Waals surface area contributed by atoms with E-state index in [1.165, 1.54) is 0 Å². The quantitative estimate of drug-likeness (QED) is 0.772. The van der Waals surface area contributed by atoms with Crippen LogP contribution in [0.25, 0.3) is 0 Å². The summed E-state index contributed by atoms with van der Waals surface area (Å²) in [4.78, 5) is 2.00. The Hall–Kier alpha value is -0.480. The molecule has 1 aliphatic heterocycles. The van der Waals surface area contributed by atoms with Crippen LogP contribution in [-0.4, -0.2) is 23.1 Å². The van der Waals surface area contributed by atoms with E-state index in [2.05, 4.69) is 18.9 Å². The molecule has 0 aliphatic carbocycles. The zero-order valence-electron chi connectivity index (χ0n) is 6.66. The van der Waals surface area contributed by atoms with E-state index in [1.807, 2.05) is 22.3 Å². The highest BCUT2D eigenvalue weighted by Gasteiger charge is 2.06. The molecule has 0 saturated heterocycles. The van der Waals surface area contributed by atoms with Crippen LogP contribution in [0.4, 0.5) is 0 Å². The van der Waals surface area contributed by atoms with Gasteiger partial charge in [0.1, 0.15) is 6.67 Å². The van der Waals surface area contributed by atoms with Crippen molar-refractivity contribution in [1.82, 2.24) is 15.3 Å². The van der Waals surface area contributed by atoms with Crippen LogP contribution in [0, 0.1) is 0 Å². The fourth-order valence-electron chi connectivity index (χ4n) is 0.861. The number of nitrogens with one attached hydrogen (secondary N) is 1. The summed E-state index contributed by atoms with van der Waals surface area (Å²) in [7, 11) is 0. The van der Waals surface area contributed by atoms with E-state index in [1.54, 1.807) is 6.20 Å². The first kappa shape index (κ1) is 10.5. The van der Waals surface area contributed by atoms with Crippen LogP contribution in [0.5, 0.6) is 0 Å². The lowest BCUT2D eigenvalue weighted by molar-refractivity contribution is 0.240. The molecule has 3 nitrogen and oxygen atoms in total. The number of hydrogen-bond acceptors (Lipinski definition) is 3. The zero-order chi connectivity index (χ0) is 7.40. The second-order valence-corrected chi connectivity index (χ2v) is 2.12. The highest BCUT2D eigenvalue weighted by Crippen LogP contribution is 2.02. The molecule has 0 spiro atoms. The Morgan fingerprint density at radius 1 is 1.64 bits per heavy atom. The van der Waals surface area contributed by atoms with Crippen LogP contribution in [0.2, 0.25) is 0 Å². The van der Waals surface area contributed by atoms with Crippen molar-refractivity contribution in [1.29, 1.82) is 0 Å². The summed E-state index contributed by atoms with van der Waals surface area (Å²) >= 11 is 0. The molecule has 1 heterocycles. The Balaban J connectivity index is 0.000001000. The Morgan fingerprint density at radius 2 is 2.36 bits per heavy atom. The largest absolute Gasteiger partial charge is 0.334 e. The van der Waals surface area contributed by atoms with E-state index < -0.39 is 0 Å². The molecule has 0 radical (unpaired) electrons. The summed E-state index contributed by atoms with van der Waals surface area (Å²) in [5.41, 5.74) is 3.17. The summed E-state index contributed by atoms with van der Waals surface area (Å²) in [5, 5.41) is 2.02. The molecule has 1 N–H and O–H groups in total. The predicted molar refractivity (Wildman–Crippen MR) is 51.9 cm³/mol. The molecule has 0 atom stereocenters. The number of hydrogen-bond donors (Lipinski definition) is 1. The fourth-order valence-corrected chi connectivity index (χ4v) is 0.861. The molecule has 0 amide bonds. The van der Waals surface area contributed by atoms with Gasteiger partial charge in [-0.2, -0.15) is 0 Å². The lowest BCUT2D eigenvalue weighted by Crippen LogP contribution is -2.34. The normalized spacial score (nSPS) is 15.0. The minimum Gasteiger partial charge on any atom is -0.334 e. The monoisotopic (exact) mass is 219 g/mol. The van der Waals surface area contributed by atoms with Gasteiger partial charge in [-0.3, -0.25) is 5.01 Å². The first-order valence-electron chi connectivity index (χ1n) is 3.43. The summed E-state index contributed by atoms with van der Waals surface area (Å²) in [6, 6.07) is 0. The van der Waals surface area contributed by atoms with E-state index >= 15 is 0 Å². The van der Waals surface area contributed by atoms with E-state index in [0.29, 0.717) is 0 Å². The smallest absolute Gasteiger partial charge is 0.108 e. The van der Waals surface area contributed by atoms with E-state index in [-0.39, 0.29) is 17.0 Å². The Bertz CT molecular complexity index is 147. The van der Waals surface area contributed by atoms with Gasteiger partial charge in [0.15, 0.2) is 0 Å². The molecule has 1 aliphatic rings. The predicted octanol–water partition coefficient (Wildman–Crippen LogP) is 1.28. The topological polar surface area (TPSA) is 18.5 Å². The average Bonchev–Trinajstić information content (AvgIpc) is 2.37. The van der Waals surface area contributed by atoms with Gasteiger partial charge in [0.25, 0.3) is 0 Å². The van der Waals surface area contributed by atoms with Gasteiger partial charge < -0.3 is 4.90 Å². The maximum atomic E-state index is 3.66. The summed E-state index contributed by atoms with van der Waals surface area (Å²) in [6.45, 7) is 7.54. The molecule has 11 heavy (non-hydrogen) atoms. The van der Waals surface area contributed by atoms with E-state index in [0.717, 1.165) is 13.2 Å². The maximum Gasteiger partial charge on any atom is 0.108 e. The lowest BCUT2D eigenvalue weighted by Gasteiger charge is -2.17. The van der Waals surface area contributed by atoms with Crippen molar-refractivity contribution in [2.45, 2.75) is 6.92 Å². The molecule has 0 aromatic heterocycles. The van der Waals surface area contributed by atoms with Gasteiger partial charge in [-0.1, -0.05) is 13.5 Å². The lowest BCUT2D eigenvalue weighted by atomic mass is 10.8. The van der Waals surface area contributed by atoms with E-state index in [9.17, 15) is 0 Å². The van der Waals surface area contributed by atoms with Crippen LogP contribution in [-0.2, 0) is 0 Å². The van der Waals surface area contributed by atoms with Crippen molar-refractivity contribution < 1.29 is 0 Å². The number of nitrogens with zero attached hydrogens (tertiary/aromatic N) is 2. The van der Waals surface area contributed by atoms with Gasteiger partial charge in [0.2, 0.25) is 0 Å². The van der Waals surface area contributed by atoms with Crippen LogP contribution >= 0.6 is 17.0 Å². The van der Waals surface area contributed by atoms with Crippen molar-refractivity contribution in [3.8, 4) is 0 Å². The van der Waals surface area contributed by atoms with Crippen molar-refractivity contribution in [3.63, 3.8) is 0 Å². The Kier molecular flexibility index (Phi) is 4.98. The molecule has 4 heteroatoms. The highest BCUT2D eigenvalue weighted by atomic mass is 79.9. The van der Waals surface area contributed by atoms with Crippen LogP contribution in [0.1, 0.15) is 6.92 Å². The van der Waals surface area contributed by atoms with Gasteiger partial charge in [0.05, 0.1) is 0 Å². The molecule has 0 unspecified atom stereocenters. The van der Waals surface area contributed by atoms with Crippen LogP contribution in [0.3, 0.4) is 0 Å². The van der Waals surface area contributed by atoms with Crippen molar-refractivity contribution in [2.24, 2.45) is 0 Å². The van der Waals surface area contributed by atoms with Gasteiger partial charge in [0, 0.05) is 18.9 Å². The van der Waals surface area contributed by atoms with Crippen molar-refractivity contribution in [3.05, 3.63) is 25.2 Å². The van der Waals surface area contributed by atoms with Gasteiger partial charge in [-0.15, -0.1) is 17.0 Å². The molecule has 1 rings (SSSR count). The Labute approximate surface area is 78.1 Å². The molecule has 64 valence electrons. The standard InChI is InChI=1S/C7H13N3.BrH/c1-3-8-10-6-5-9(4-2)7-10;/h4-6,8H,2-3,7H2,1H3;1H. The zero-order valence-corrected chi connectivity index (χ0v) is 8.37. The average molecular weight is 220 g/mol. The maximum absolute atomic E-state index is 3.66. The molecule has 0 bridgehead atoms.